The van der Waals surface area contributed by atoms with Crippen LogP contribution in [0.15, 0.2) is 16.7 Å². The van der Waals surface area contributed by atoms with E-state index in [-0.39, 0.29) is 0 Å². The molecule has 0 amide bonds. The number of esters is 1. The van der Waals surface area contributed by atoms with Gasteiger partial charge in [0.25, 0.3) is 5.69 Å². The average Bonchev–Trinajstić information content (AvgIpc) is 2.39. The highest BCUT2D eigenvalue weighted by atomic mass is 79.9. The SMILES string of the molecule is CCC(C)OC(=O)C(C(=O)O)c1ncc(Br)cc1[N+](=O)[O-]. The zero-order valence-electron chi connectivity index (χ0n) is 11.3. The van der Waals surface area contributed by atoms with Crippen molar-refractivity contribution < 1.29 is 24.4 Å². The van der Waals surface area contributed by atoms with E-state index in [0.717, 1.165) is 6.07 Å². The monoisotopic (exact) mass is 360 g/mol. The van der Waals surface area contributed by atoms with Crippen LogP contribution in [0.5, 0.6) is 0 Å². The molecule has 0 aromatic carbocycles. The molecular weight excluding hydrogens is 348 g/mol. The highest BCUT2D eigenvalue weighted by molar-refractivity contribution is 9.10. The summed E-state index contributed by atoms with van der Waals surface area (Å²) in [4.78, 5) is 37.1. The summed E-state index contributed by atoms with van der Waals surface area (Å²) in [5.41, 5.74) is -1.01. The number of carboxylic acids is 1. The topological polar surface area (TPSA) is 120 Å². The smallest absolute Gasteiger partial charge is 0.327 e. The lowest BCUT2D eigenvalue weighted by molar-refractivity contribution is -0.386. The summed E-state index contributed by atoms with van der Waals surface area (Å²) in [5.74, 6) is -4.47. The van der Waals surface area contributed by atoms with Crippen LogP contribution >= 0.6 is 15.9 Å². The molecule has 1 N–H and O–H groups in total. The van der Waals surface area contributed by atoms with Gasteiger partial charge in [-0.2, -0.15) is 0 Å². The van der Waals surface area contributed by atoms with Gasteiger partial charge in [-0.3, -0.25) is 24.7 Å². The highest BCUT2D eigenvalue weighted by Gasteiger charge is 2.37. The third-order valence-corrected chi connectivity index (χ3v) is 3.14. The molecule has 0 spiro atoms. The molecule has 0 radical (unpaired) electrons. The highest BCUT2D eigenvalue weighted by Crippen LogP contribution is 2.29. The second-order valence-corrected chi connectivity index (χ2v) is 5.16. The summed E-state index contributed by atoms with van der Waals surface area (Å²) in [6, 6.07) is 1.09. The van der Waals surface area contributed by atoms with E-state index in [0.29, 0.717) is 10.9 Å². The fourth-order valence-electron chi connectivity index (χ4n) is 1.49. The predicted molar refractivity (Wildman–Crippen MR) is 74.8 cm³/mol. The van der Waals surface area contributed by atoms with E-state index in [1.807, 2.05) is 0 Å². The van der Waals surface area contributed by atoms with E-state index >= 15 is 0 Å². The first-order valence-corrected chi connectivity index (χ1v) is 6.80. The Balaban J connectivity index is 3.27. The second kappa shape index (κ2) is 7.11. The van der Waals surface area contributed by atoms with Gasteiger partial charge in [0.1, 0.15) is 5.69 Å². The number of rotatable bonds is 6. The maximum absolute atomic E-state index is 11.9. The molecule has 1 aromatic rings. The van der Waals surface area contributed by atoms with E-state index in [1.165, 1.54) is 6.20 Å². The standard InChI is InChI=1S/C12H13BrN2O6/c1-3-6(2)21-12(18)9(11(16)17)10-8(15(19)20)4-7(13)5-14-10/h4-6,9H,3H2,1-2H3,(H,16,17). The zero-order valence-corrected chi connectivity index (χ0v) is 12.9. The third kappa shape index (κ3) is 4.22. The molecule has 0 bridgehead atoms. The maximum atomic E-state index is 11.9. The van der Waals surface area contributed by atoms with Gasteiger partial charge >= 0.3 is 11.9 Å². The van der Waals surface area contributed by atoms with Gasteiger partial charge in [0.15, 0.2) is 0 Å². The van der Waals surface area contributed by atoms with Crippen molar-refractivity contribution in [3.8, 4) is 0 Å². The predicted octanol–water partition coefficient (Wildman–Crippen LogP) is 2.26. The molecule has 2 atom stereocenters. The maximum Gasteiger partial charge on any atom is 0.327 e. The lowest BCUT2D eigenvalue weighted by atomic mass is 10.0. The Bertz CT molecular complexity index is 577. The molecule has 1 aromatic heterocycles. The van der Waals surface area contributed by atoms with Crippen LogP contribution in [0.1, 0.15) is 31.9 Å². The Morgan fingerprint density at radius 2 is 2.19 bits per heavy atom. The first kappa shape index (κ1) is 17.0. The van der Waals surface area contributed by atoms with Gasteiger partial charge in [-0.15, -0.1) is 0 Å². The van der Waals surface area contributed by atoms with Crippen LogP contribution in [0, 0.1) is 10.1 Å². The van der Waals surface area contributed by atoms with Crippen molar-refractivity contribution >= 4 is 33.6 Å². The molecule has 0 aliphatic rings. The number of aromatic nitrogens is 1. The number of nitrogens with zero attached hydrogens (tertiary/aromatic N) is 2. The van der Waals surface area contributed by atoms with Gasteiger partial charge in [-0.05, 0) is 29.3 Å². The average molecular weight is 361 g/mol. The summed E-state index contributed by atoms with van der Waals surface area (Å²) >= 11 is 3.01. The van der Waals surface area contributed by atoms with Crippen molar-refractivity contribution in [1.29, 1.82) is 0 Å². The van der Waals surface area contributed by atoms with Crippen molar-refractivity contribution in [2.75, 3.05) is 0 Å². The number of aliphatic carboxylic acids is 1. The molecule has 9 heteroatoms. The van der Waals surface area contributed by atoms with Crippen molar-refractivity contribution in [3.05, 3.63) is 32.5 Å². The lowest BCUT2D eigenvalue weighted by Gasteiger charge is -2.15. The molecule has 0 fully saturated rings. The first-order valence-electron chi connectivity index (χ1n) is 6.01. The number of carbonyl (C=O) groups is 2. The van der Waals surface area contributed by atoms with E-state index in [2.05, 4.69) is 20.9 Å². The number of carboxylic acid groups (broad SMARTS) is 1. The van der Waals surface area contributed by atoms with Crippen LogP contribution in [-0.4, -0.2) is 33.1 Å². The fourth-order valence-corrected chi connectivity index (χ4v) is 1.81. The third-order valence-electron chi connectivity index (χ3n) is 2.71. The quantitative estimate of drug-likeness (QED) is 0.357. The molecule has 21 heavy (non-hydrogen) atoms. The number of ether oxygens (including phenoxy) is 1. The molecule has 0 aliphatic carbocycles. The zero-order chi connectivity index (χ0) is 16.2. The molecule has 0 saturated heterocycles. The summed E-state index contributed by atoms with van der Waals surface area (Å²) < 4.78 is 5.25. The van der Waals surface area contributed by atoms with E-state index in [9.17, 15) is 24.8 Å². The molecule has 1 heterocycles. The second-order valence-electron chi connectivity index (χ2n) is 4.24. The largest absolute Gasteiger partial charge is 0.480 e. The molecule has 0 saturated carbocycles. The fraction of sp³-hybridized carbons (Fsp3) is 0.417. The summed E-state index contributed by atoms with van der Waals surface area (Å²) in [6.07, 6.45) is 1.19. The number of halogens is 1. The minimum Gasteiger partial charge on any atom is -0.480 e. The van der Waals surface area contributed by atoms with Gasteiger partial charge in [0, 0.05) is 16.7 Å². The van der Waals surface area contributed by atoms with Gasteiger partial charge in [0.2, 0.25) is 5.92 Å². The Morgan fingerprint density at radius 1 is 1.57 bits per heavy atom. The Morgan fingerprint density at radius 3 is 2.67 bits per heavy atom. The number of pyridine rings is 1. The van der Waals surface area contributed by atoms with Crippen LogP contribution in [0.25, 0.3) is 0 Å². The number of hydrogen-bond donors (Lipinski definition) is 1. The van der Waals surface area contributed by atoms with Gasteiger partial charge < -0.3 is 9.84 Å². The van der Waals surface area contributed by atoms with E-state index in [1.54, 1.807) is 13.8 Å². The summed E-state index contributed by atoms with van der Waals surface area (Å²) in [7, 11) is 0. The van der Waals surface area contributed by atoms with Crippen molar-refractivity contribution in [3.63, 3.8) is 0 Å². The first-order chi connectivity index (χ1) is 9.77. The van der Waals surface area contributed by atoms with Gasteiger partial charge in [-0.1, -0.05) is 6.92 Å². The molecule has 114 valence electrons. The molecule has 2 unspecified atom stereocenters. The van der Waals surface area contributed by atoms with Crippen LogP contribution in [0.4, 0.5) is 5.69 Å². The van der Waals surface area contributed by atoms with Crippen LogP contribution in [0.2, 0.25) is 0 Å². The van der Waals surface area contributed by atoms with Crippen molar-refractivity contribution in [2.45, 2.75) is 32.3 Å². The Labute approximate surface area is 128 Å². The van der Waals surface area contributed by atoms with Crippen LogP contribution < -0.4 is 0 Å². The van der Waals surface area contributed by atoms with Gasteiger partial charge in [-0.25, -0.2) is 0 Å². The summed E-state index contributed by atoms with van der Waals surface area (Å²) in [5, 5.41) is 20.2. The van der Waals surface area contributed by atoms with Gasteiger partial charge in [0.05, 0.1) is 11.0 Å². The number of hydrogen-bond acceptors (Lipinski definition) is 6. The van der Waals surface area contributed by atoms with Crippen LogP contribution in [0.3, 0.4) is 0 Å². The Kier molecular flexibility index (Phi) is 5.77. The summed E-state index contributed by atoms with van der Waals surface area (Å²) in [6.45, 7) is 3.36. The van der Waals surface area contributed by atoms with Crippen molar-refractivity contribution in [2.24, 2.45) is 0 Å². The molecule has 8 nitrogen and oxygen atoms in total. The molecule has 0 aliphatic heterocycles. The normalized spacial score (nSPS) is 13.3. The molecule has 1 rings (SSSR count). The lowest BCUT2D eigenvalue weighted by Crippen LogP contribution is -2.28. The minimum atomic E-state index is -1.84. The number of carbonyl (C=O) groups excluding carboxylic acids is 1. The number of nitro groups is 1. The minimum absolute atomic E-state index is 0.303. The van der Waals surface area contributed by atoms with Crippen LogP contribution in [-0.2, 0) is 14.3 Å². The van der Waals surface area contributed by atoms with E-state index < -0.39 is 40.3 Å². The Hall–Kier alpha value is -2.03. The van der Waals surface area contributed by atoms with Crippen molar-refractivity contribution in [1.82, 2.24) is 4.98 Å². The van der Waals surface area contributed by atoms with E-state index in [4.69, 9.17) is 4.74 Å². The molecular formula is C12H13BrN2O6.